The van der Waals surface area contributed by atoms with Crippen molar-refractivity contribution in [3.05, 3.63) is 99.4 Å². The Morgan fingerprint density at radius 2 is 1.90 bits per heavy atom. The van der Waals surface area contributed by atoms with Crippen molar-refractivity contribution in [2.24, 2.45) is 0 Å². The highest BCUT2D eigenvalue weighted by Crippen LogP contribution is 2.16. The molecule has 0 unspecified atom stereocenters. The number of aryl methyl sites for hydroxylation is 1. The van der Waals surface area contributed by atoms with E-state index in [1.165, 1.54) is 35.4 Å². The molecule has 156 valence electrons. The number of carbonyl (C=O) groups excluding carboxylic acids is 1. The van der Waals surface area contributed by atoms with Crippen LogP contribution >= 0.6 is 0 Å². The normalized spacial score (nSPS) is 10.7. The highest BCUT2D eigenvalue weighted by atomic mass is 16.6. The Labute approximate surface area is 175 Å². The molecule has 7 heteroatoms. The summed E-state index contributed by atoms with van der Waals surface area (Å²) in [4.78, 5) is 25.2. The summed E-state index contributed by atoms with van der Waals surface area (Å²) in [6, 6.07) is 18.0. The number of nitro benzene ring substituents is 1. The highest BCUT2D eigenvalue weighted by molar-refractivity contribution is 5.94. The topological polar surface area (TPSA) is 77.6 Å². The first-order valence-corrected chi connectivity index (χ1v) is 9.70. The molecule has 0 aliphatic heterocycles. The van der Waals surface area contributed by atoms with E-state index < -0.39 is 4.92 Å². The van der Waals surface area contributed by atoms with E-state index in [2.05, 4.69) is 29.7 Å². The minimum atomic E-state index is -0.477. The van der Waals surface area contributed by atoms with Gasteiger partial charge < -0.3 is 14.2 Å². The monoisotopic (exact) mass is 407 g/mol. The Kier molecular flexibility index (Phi) is 6.98. The van der Waals surface area contributed by atoms with Crippen LogP contribution in [-0.2, 0) is 17.8 Å². The third kappa shape index (κ3) is 5.33. The summed E-state index contributed by atoms with van der Waals surface area (Å²) < 4.78 is 7.30. The zero-order chi connectivity index (χ0) is 21.5. The van der Waals surface area contributed by atoms with Gasteiger partial charge in [0.2, 0.25) is 0 Å². The molecule has 0 saturated carbocycles. The summed E-state index contributed by atoms with van der Waals surface area (Å²) in [6.07, 6.45) is 2.00. The predicted octanol–water partition coefficient (Wildman–Crippen LogP) is 4.04. The first-order chi connectivity index (χ1) is 14.5. The third-order valence-electron chi connectivity index (χ3n) is 4.89. The molecule has 0 aliphatic rings. The second-order valence-electron chi connectivity index (χ2n) is 7.14. The van der Waals surface area contributed by atoms with Crippen molar-refractivity contribution in [1.82, 2.24) is 9.47 Å². The molecule has 0 aliphatic carbocycles. The molecule has 3 aromatic rings. The van der Waals surface area contributed by atoms with Crippen molar-refractivity contribution in [3.63, 3.8) is 0 Å². The lowest BCUT2D eigenvalue weighted by molar-refractivity contribution is -0.384. The maximum absolute atomic E-state index is 13.1. The number of ether oxygens (including phenoxy) is 1. The van der Waals surface area contributed by atoms with Crippen molar-refractivity contribution in [1.29, 1.82) is 0 Å². The molecule has 1 aromatic heterocycles. The van der Waals surface area contributed by atoms with E-state index in [1.54, 1.807) is 12.0 Å². The summed E-state index contributed by atoms with van der Waals surface area (Å²) in [5.74, 6) is -0.190. The van der Waals surface area contributed by atoms with Gasteiger partial charge in [0.05, 0.1) is 18.1 Å². The number of hydrogen-bond donors (Lipinski definition) is 0. The Morgan fingerprint density at radius 3 is 2.57 bits per heavy atom. The maximum atomic E-state index is 13.1. The minimum Gasteiger partial charge on any atom is -0.383 e. The van der Waals surface area contributed by atoms with E-state index in [0.29, 0.717) is 31.8 Å². The summed E-state index contributed by atoms with van der Waals surface area (Å²) in [5.41, 5.74) is 3.77. The van der Waals surface area contributed by atoms with Crippen molar-refractivity contribution >= 4 is 11.6 Å². The van der Waals surface area contributed by atoms with Gasteiger partial charge in [-0.1, -0.05) is 29.8 Å². The van der Waals surface area contributed by atoms with Gasteiger partial charge in [-0.15, -0.1) is 0 Å². The van der Waals surface area contributed by atoms with E-state index in [9.17, 15) is 14.9 Å². The van der Waals surface area contributed by atoms with E-state index in [-0.39, 0.29) is 11.6 Å². The molecular weight excluding hydrogens is 382 g/mol. The number of benzene rings is 2. The van der Waals surface area contributed by atoms with Crippen LogP contribution in [0, 0.1) is 17.0 Å². The van der Waals surface area contributed by atoms with E-state index in [1.807, 2.05) is 24.4 Å². The quantitative estimate of drug-likeness (QED) is 0.396. The van der Waals surface area contributed by atoms with Gasteiger partial charge in [-0.2, -0.15) is 0 Å². The lowest BCUT2D eigenvalue weighted by atomic mass is 10.1. The first-order valence-electron chi connectivity index (χ1n) is 9.70. The van der Waals surface area contributed by atoms with Crippen molar-refractivity contribution < 1.29 is 14.5 Å². The van der Waals surface area contributed by atoms with Crippen LogP contribution in [0.4, 0.5) is 5.69 Å². The largest absolute Gasteiger partial charge is 0.383 e. The lowest BCUT2D eigenvalue weighted by Crippen LogP contribution is -2.34. The number of rotatable bonds is 9. The zero-order valence-electron chi connectivity index (χ0n) is 17.2. The fraction of sp³-hybridized carbons (Fsp3) is 0.261. The van der Waals surface area contributed by atoms with Crippen molar-refractivity contribution in [2.75, 3.05) is 20.3 Å². The lowest BCUT2D eigenvalue weighted by Gasteiger charge is -2.23. The predicted molar refractivity (Wildman–Crippen MR) is 114 cm³/mol. The fourth-order valence-electron chi connectivity index (χ4n) is 3.31. The van der Waals surface area contributed by atoms with Crippen LogP contribution in [0.25, 0.3) is 0 Å². The summed E-state index contributed by atoms with van der Waals surface area (Å²) in [5, 5.41) is 10.9. The molecule has 0 radical (unpaired) electrons. The van der Waals surface area contributed by atoms with Gasteiger partial charge in [0.25, 0.3) is 11.6 Å². The molecule has 30 heavy (non-hydrogen) atoms. The number of carbonyl (C=O) groups is 1. The second-order valence-corrected chi connectivity index (χ2v) is 7.14. The molecule has 0 saturated heterocycles. The molecule has 7 nitrogen and oxygen atoms in total. The number of hydrogen-bond acceptors (Lipinski definition) is 4. The molecule has 1 amide bonds. The average Bonchev–Trinajstić information content (AvgIpc) is 3.17. The Bertz CT molecular complexity index is 1010. The van der Waals surface area contributed by atoms with Gasteiger partial charge in [0.15, 0.2) is 0 Å². The van der Waals surface area contributed by atoms with Gasteiger partial charge in [-0.05, 0) is 36.8 Å². The maximum Gasteiger partial charge on any atom is 0.269 e. The molecule has 0 atom stereocenters. The number of nitro groups is 1. The molecule has 0 spiro atoms. The Hall–Kier alpha value is -3.45. The summed E-state index contributed by atoms with van der Waals surface area (Å²) in [7, 11) is 1.59. The summed E-state index contributed by atoms with van der Waals surface area (Å²) in [6.45, 7) is 4.01. The van der Waals surface area contributed by atoms with Crippen molar-refractivity contribution in [2.45, 2.75) is 20.0 Å². The Morgan fingerprint density at radius 1 is 1.13 bits per heavy atom. The molecule has 0 N–H and O–H groups in total. The first kappa shape index (κ1) is 21.3. The standard InChI is InChI=1S/C23H25N3O4/c1-18-5-3-6-19(15-18)16-24-12-4-7-22(24)17-25(13-14-30-2)23(27)20-8-10-21(11-9-20)26(28)29/h3-12,15H,13-14,16-17H2,1-2H3. The molecule has 3 rings (SSSR count). The van der Waals surface area contributed by atoms with Gasteiger partial charge in [-0.25, -0.2) is 0 Å². The van der Waals surface area contributed by atoms with E-state index in [4.69, 9.17) is 4.74 Å². The number of methoxy groups -OCH3 is 1. The smallest absolute Gasteiger partial charge is 0.269 e. The third-order valence-corrected chi connectivity index (χ3v) is 4.89. The fourth-order valence-corrected chi connectivity index (χ4v) is 3.31. The van der Waals surface area contributed by atoms with Crippen LogP contribution in [-0.4, -0.2) is 40.6 Å². The molecule has 1 heterocycles. The highest BCUT2D eigenvalue weighted by Gasteiger charge is 2.18. The summed E-state index contributed by atoms with van der Waals surface area (Å²) >= 11 is 0. The van der Waals surface area contributed by atoms with Crippen LogP contribution in [0.1, 0.15) is 27.2 Å². The van der Waals surface area contributed by atoms with E-state index >= 15 is 0 Å². The molecular formula is C23H25N3O4. The SMILES string of the molecule is COCCN(Cc1cccn1Cc1cccc(C)c1)C(=O)c1ccc([N+](=O)[O-])cc1. The number of aromatic nitrogens is 1. The number of amides is 1. The van der Waals surface area contributed by atoms with Gasteiger partial charge in [0, 0.05) is 49.8 Å². The van der Waals surface area contributed by atoms with Crippen molar-refractivity contribution in [3.8, 4) is 0 Å². The molecule has 2 aromatic carbocycles. The number of nitrogens with zero attached hydrogens (tertiary/aromatic N) is 3. The van der Waals surface area contributed by atoms with Gasteiger partial charge in [-0.3, -0.25) is 14.9 Å². The number of non-ortho nitro benzene ring substituents is 1. The average molecular weight is 407 g/mol. The molecule has 0 bridgehead atoms. The van der Waals surface area contributed by atoms with E-state index in [0.717, 1.165) is 5.69 Å². The van der Waals surface area contributed by atoms with Crippen LogP contribution in [0.3, 0.4) is 0 Å². The Balaban J connectivity index is 1.79. The molecule has 0 fully saturated rings. The van der Waals surface area contributed by atoms with Crippen LogP contribution in [0.2, 0.25) is 0 Å². The second kappa shape index (κ2) is 9.84. The zero-order valence-corrected chi connectivity index (χ0v) is 17.2. The van der Waals surface area contributed by atoms with Crippen LogP contribution in [0.5, 0.6) is 0 Å². The van der Waals surface area contributed by atoms with Crippen LogP contribution < -0.4 is 0 Å². The van der Waals surface area contributed by atoms with Crippen LogP contribution in [0.15, 0.2) is 66.9 Å². The minimum absolute atomic E-state index is 0.0398. The van der Waals surface area contributed by atoms with Gasteiger partial charge in [0.1, 0.15) is 0 Å². The van der Waals surface area contributed by atoms with Gasteiger partial charge >= 0.3 is 0 Å².